The summed E-state index contributed by atoms with van der Waals surface area (Å²) in [6, 6.07) is 16.5. The van der Waals surface area contributed by atoms with Crippen LogP contribution in [0.15, 0.2) is 60.7 Å². The van der Waals surface area contributed by atoms with Crippen molar-refractivity contribution in [1.29, 1.82) is 0 Å². The number of anilines is 1. The maximum absolute atomic E-state index is 11.8. The quantitative estimate of drug-likeness (QED) is 0.515. The maximum atomic E-state index is 11.8. The standard InChI is InChI=1S/C15H11NO3/c17-13(11-7-3-1-4-8-11)14(18)15(19)16-12-9-5-2-6-10-12/h1-10H,(H,16,19). The van der Waals surface area contributed by atoms with Gasteiger partial charge in [0, 0.05) is 11.3 Å². The predicted molar refractivity (Wildman–Crippen MR) is 70.9 cm³/mol. The van der Waals surface area contributed by atoms with Gasteiger partial charge in [-0.15, -0.1) is 0 Å². The fourth-order valence-corrected chi connectivity index (χ4v) is 1.53. The Labute approximate surface area is 110 Å². The largest absolute Gasteiger partial charge is 0.319 e. The van der Waals surface area contributed by atoms with Crippen molar-refractivity contribution in [3.63, 3.8) is 0 Å². The molecule has 19 heavy (non-hydrogen) atoms. The van der Waals surface area contributed by atoms with E-state index in [1.165, 1.54) is 12.1 Å². The van der Waals surface area contributed by atoms with E-state index in [0.29, 0.717) is 5.69 Å². The first-order chi connectivity index (χ1) is 9.18. The summed E-state index contributed by atoms with van der Waals surface area (Å²) in [6.45, 7) is 0. The second-order valence-corrected chi connectivity index (χ2v) is 3.84. The van der Waals surface area contributed by atoms with E-state index in [4.69, 9.17) is 0 Å². The fraction of sp³-hybridized carbons (Fsp3) is 0. The van der Waals surface area contributed by atoms with Gasteiger partial charge in [0.1, 0.15) is 0 Å². The molecule has 2 aromatic rings. The Hall–Kier alpha value is -2.75. The van der Waals surface area contributed by atoms with E-state index >= 15 is 0 Å². The molecular weight excluding hydrogens is 242 g/mol. The number of hydrogen-bond donors (Lipinski definition) is 1. The molecule has 0 aliphatic rings. The second kappa shape index (κ2) is 5.73. The molecule has 0 spiro atoms. The number of rotatable bonds is 4. The minimum Gasteiger partial charge on any atom is -0.319 e. The lowest BCUT2D eigenvalue weighted by atomic mass is 10.1. The number of carbonyl (C=O) groups is 3. The highest BCUT2D eigenvalue weighted by atomic mass is 16.2. The summed E-state index contributed by atoms with van der Waals surface area (Å²) >= 11 is 0. The van der Waals surface area contributed by atoms with Crippen molar-refractivity contribution in [3.05, 3.63) is 66.2 Å². The van der Waals surface area contributed by atoms with Crippen LogP contribution in [-0.4, -0.2) is 17.5 Å². The Morgan fingerprint density at radius 3 is 1.84 bits per heavy atom. The average Bonchev–Trinajstić information content (AvgIpc) is 2.47. The summed E-state index contributed by atoms with van der Waals surface area (Å²) in [4.78, 5) is 35.1. The predicted octanol–water partition coefficient (Wildman–Crippen LogP) is 2.08. The molecular formula is C15H11NO3. The Balaban J connectivity index is 2.08. The highest BCUT2D eigenvalue weighted by Crippen LogP contribution is 2.06. The van der Waals surface area contributed by atoms with Gasteiger partial charge in [-0.1, -0.05) is 48.5 Å². The lowest BCUT2D eigenvalue weighted by molar-refractivity contribution is -0.132. The van der Waals surface area contributed by atoms with Gasteiger partial charge in [0.25, 0.3) is 11.7 Å². The van der Waals surface area contributed by atoms with E-state index in [1.807, 2.05) is 0 Å². The summed E-state index contributed by atoms with van der Waals surface area (Å²) in [5.41, 5.74) is 0.678. The van der Waals surface area contributed by atoms with Gasteiger partial charge in [-0.25, -0.2) is 0 Å². The second-order valence-electron chi connectivity index (χ2n) is 3.84. The number of benzene rings is 2. The zero-order valence-electron chi connectivity index (χ0n) is 10.00. The van der Waals surface area contributed by atoms with E-state index in [9.17, 15) is 14.4 Å². The smallest absolute Gasteiger partial charge is 0.300 e. The minimum absolute atomic E-state index is 0.204. The monoisotopic (exact) mass is 253 g/mol. The van der Waals surface area contributed by atoms with Gasteiger partial charge in [-0.3, -0.25) is 14.4 Å². The molecule has 0 atom stereocenters. The normalized spacial score (nSPS) is 9.68. The van der Waals surface area contributed by atoms with Crippen LogP contribution in [-0.2, 0) is 9.59 Å². The average molecular weight is 253 g/mol. The van der Waals surface area contributed by atoms with Crippen molar-refractivity contribution in [2.24, 2.45) is 0 Å². The van der Waals surface area contributed by atoms with E-state index in [1.54, 1.807) is 48.5 Å². The van der Waals surface area contributed by atoms with Gasteiger partial charge in [-0.2, -0.15) is 0 Å². The van der Waals surface area contributed by atoms with E-state index in [2.05, 4.69) is 5.32 Å². The number of carbonyl (C=O) groups excluding carboxylic acids is 3. The maximum Gasteiger partial charge on any atom is 0.300 e. The van der Waals surface area contributed by atoms with E-state index in [0.717, 1.165) is 0 Å². The molecule has 94 valence electrons. The molecule has 2 rings (SSSR count). The van der Waals surface area contributed by atoms with Crippen LogP contribution in [0.25, 0.3) is 0 Å². The van der Waals surface area contributed by atoms with Crippen LogP contribution < -0.4 is 5.32 Å². The first kappa shape index (κ1) is 12.7. The number of Topliss-reactive ketones (excluding diaryl/α,β-unsaturated/α-hetero) is 2. The molecule has 0 heterocycles. The SMILES string of the molecule is O=C(Nc1ccccc1)C(=O)C(=O)c1ccccc1. The van der Waals surface area contributed by atoms with Crippen molar-refractivity contribution in [3.8, 4) is 0 Å². The minimum atomic E-state index is -1.07. The van der Waals surface area contributed by atoms with Gasteiger partial charge in [-0.05, 0) is 12.1 Å². The van der Waals surface area contributed by atoms with Crippen molar-refractivity contribution in [2.45, 2.75) is 0 Å². The number of nitrogens with one attached hydrogen (secondary N) is 1. The van der Waals surface area contributed by atoms with Crippen molar-refractivity contribution < 1.29 is 14.4 Å². The Morgan fingerprint density at radius 2 is 1.26 bits per heavy atom. The van der Waals surface area contributed by atoms with Crippen LogP contribution in [0.4, 0.5) is 5.69 Å². The highest BCUT2D eigenvalue weighted by molar-refractivity contribution is 6.68. The summed E-state index contributed by atoms with van der Waals surface area (Å²) in [7, 11) is 0. The third kappa shape index (κ3) is 3.13. The summed E-state index contributed by atoms with van der Waals surface area (Å²) < 4.78 is 0. The van der Waals surface area contributed by atoms with Crippen LogP contribution in [0.5, 0.6) is 0 Å². The number of amides is 1. The highest BCUT2D eigenvalue weighted by Gasteiger charge is 2.23. The third-order valence-corrected chi connectivity index (χ3v) is 2.48. The molecule has 0 aliphatic carbocycles. The van der Waals surface area contributed by atoms with Crippen LogP contribution in [0, 0.1) is 0 Å². The van der Waals surface area contributed by atoms with Gasteiger partial charge in [0.2, 0.25) is 5.78 Å². The molecule has 4 nitrogen and oxygen atoms in total. The Kier molecular flexibility index (Phi) is 3.83. The summed E-state index contributed by atoms with van der Waals surface area (Å²) in [5, 5.41) is 2.38. The van der Waals surface area contributed by atoms with Crippen molar-refractivity contribution >= 4 is 23.2 Å². The lowest BCUT2D eigenvalue weighted by Crippen LogP contribution is -2.29. The van der Waals surface area contributed by atoms with Gasteiger partial charge in [0.05, 0.1) is 0 Å². The van der Waals surface area contributed by atoms with Crippen LogP contribution >= 0.6 is 0 Å². The molecule has 0 aliphatic heterocycles. The molecule has 0 unspecified atom stereocenters. The zero-order valence-corrected chi connectivity index (χ0v) is 10.00. The molecule has 1 amide bonds. The van der Waals surface area contributed by atoms with Crippen molar-refractivity contribution in [1.82, 2.24) is 0 Å². The number of ketones is 2. The molecule has 4 heteroatoms. The molecule has 0 aromatic heterocycles. The topological polar surface area (TPSA) is 63.2 Å². The number of para-hydroxylation sites is 1. The molecule has 2 aromatic carbocycles. The molecule has 0 radical (unpaired) electrons. The van der Waals surface area contributed by atoms with E-state index in [-0.39, 0.29) is 5.56 Å². The number of hydrogen-bond acceptors (Lipinski definition) is 3. The van der Waals surface area contributed by atoms with Crippen LogP contribution in [0.2, 0.25) is 0 Å². The Morgan fingerprint density at radius 1 is 0.737 bits per heavy atom. The van der Waals surface area contributed by atoms with Gasteiger partial charge >= 0.3 is 0 Å². The third-order valence-electron chi connectivity index (χ3n) is 2.48. The van der Waals surface area contributed by atoms with E-state index < -0.39 is 17.5 Å². The molecule has 0 bridgehead atoms. The molecule has 0 fully saturated rings. The zero-order chi connectivity index (χ0) is 13.7. The molecule has 0 saturated carbocycles. The summed E-state index contributed by atoms with van der Waals surface area (Å²) in [6.07, 6.45) is 0. The van der Waals surface area contributed by atoms with Crippen LogP contribution in [0.3, 0.4) is 0 Å². The summed E-state index contributed by atoms with van der Waals surface area (Å²) in [5.74, 6) is -2.82. The Bertz CT molecular complexity index is 606. The van der Waals surface area contributed by atoms with Gasteiger partial charge < -0.3 is 5.32 Å². The lowest BCUT2D eigenvalue weighted by Gasteiger charge is -2.03. The van der Waals surface area contributed by atoms with Crippen LogP contribution in [0.1, 0.15) is 10.4 Å². The molecule has 0 saturated heterocycles. The van der Waals surface area contributed by atoms with Gasteiger partial charge in [0.15, 0.2) is 0 Å². The first-order valence-electron chi connectivity index (χ1n) is 5.68. The van der Waals surface area contributed by atoms with Crippen molar-refractivity contribution in [2.75, 3.05) is 5.32 Å². The molecule has 1 N–H and O–H groups in total. The fourth-order valence-electron chi connectivity index (χ4n) is 1.53. The first-order valence-corrected chi connectivity index (χ1v) is 5.68.